The number of halogens is 2. The third-order valence-electron chi connectivity index (χ3n) is 3.21. The summed E-state index contributed by atoms with van der Waals surface area (Å²) in [6.45, 7) is 0.721. The van der Waals surface area contributed by atoms with Crippen LogP contribution in [0.1, 0.15) is 32.6 Å². The number of alkyl halides is 2. The van der Waals surface area contributed by atoms with Crippen molar-refractivity contribution in [3.8, 4) is 0 Å². The number of amides is 1. The normalized spacial score (nSPS) is 21.2. The molecule has 0 atom stereocenters. The molecule has 100 valence electrons. The van der Waals surface area contributed by atoms with Crippen molar-refractivity contribution in [2.75, 3.05) is 13.2 Å². The lowest BCUT2D eigenvalue weighted by molar-refractivity contribution is -0.132. The predicted molar refractivity (Wildman–Crippen MR) is 57.6 cm³/mol. The minimum atomic E-state index is -2.66. The molecule has 0 radical (unpaired) electrons. The highest BCUT2D eigenvalue weighted by Crippen LogP contribution is 2.36. The van der Waals surface area contributed by atoms with Gasteiger partial charge in [-0.15, -0.1) is 0 Å². The summed E-state index contributed by atoms with van der Waals surface area (Å²) in [6, 6.07) is 0. The van der Waals surface area contributed by atoms with E-state index >= 15 is 0 Å². The quantitative estimate of drug-likeness (QED) is 0.688. The van der Waals surface area contributed by atoms with Crippen LogP contribution < -0.4 is 5.32 Å². The van der Waals surface area contributed by atoms with Crippen molar-refractivity contribution in [3.63, 3.8) is 0 Å². The first-order valence-corrected chi connectivity index (χ1v) is 5.73. The molecule has 0 aromatic rings. The van der Waals surface area contributed by atoms with Crippen LogP contribution in [-0.4, -0.2) is 40.8 Å². The molecule has 0 aliphatic heterocycles. The zero-order chi connectivity index (χ0) is 13.1. The zero-order valence-corrected chi connectivity index (χ0v) is 9.88. The monoisotopic (exact) mass is 251 g/mol. The van der Waals surface area contributed by atoms with Gasteiger partial charge < -0.3 is 15.5 Å². The second-order valence-corrected chi connectivity index (χ2v) is 5.00. The molecule has 1 saturated carbocycles. The molecule has 0 aromatic carbocycles. The molecule has 0 heterocycles. The van der Waals surface area contributed by atoms with Crippen LogP contribution in [0.4, 0.5) is 8.78 Å². The number of hydrogen-bond donors (Lipinski definition) is 3. The standard InChI is InChI=1S/C11H19F2NO3/c1-10(6-15,7-16)14-9(17)8-2-4-11(12,13)5-3-8/h8,15-16H,2-7H2,1H3,(H,14,17). The van der Waals surface area contributed by atoms with E-state index < -0.39 is 30.6 Å². The van der Waals surface area contributed by atoms with Gasteiger partial charge in [-0.3, -0.25) is 4.79 Å². The maximum absolute atomic E-state index is 12.9. The highest BCUT2D eigenvalue weighted by molar-refractivity contribution is 5.79. The minimum Gasteiger partial charge on any atom is -0.394 e. The van der Waals surface area contributed by atoms with Crippen LogP contribution in [0.15, 0.2) is 0 Å². The van der Waals surface area contributed by atoms with Gasteiger partial charge in [0, 0.05) is 18.8 Å². The van der Waals surface area contributed by atoms with Gasteiger partial charge in [-0.25, -0.2) is 8.78 Å². The van der Waals surface area contributed by atoms with Crippen molar-refractivity contribution >= 4 is 5.91 Å². The Balaban J connectivity index is 2.50. The van der Waals surface area contributed by atoms with E-state index in [2.05, 4.69) is 5.32 Å². The fourth-order valence-electron chi connectivity index (χ4n) is 1.83. The highest BCUT2D eigenvalue weighted by atomic mass is 19.3. The van der Waals surface area contributed by atoms with E-state index in [9.17, 15) is 13.6 Å². The van der Waals surface area contributed by atoms with Crippen molar-refractivity contribution < 1.29 is 23.8 Å². The van der Waals surface area contributed by atoms with Gasteiger partial charge in [0.1, 0.15) is 0 Å². The second-order valence-electron chi connectivity index (χ2n) is 5.00. The maximum atomic E-state index is 12.9. The predicted octanol–water partition coefficient (Wildman–Crippen LogP) is 0.671. The molecule has 0 aromatic heterocycles. The van der Waals surface area contributed by atoms with E-state index in [-0.39, 0.29) is 31.6 Å². The Kier molecular flexibility index (Phi) is 4.43. The van der Waals surface area contributed by atoms with Crippen molar-refractivity contribution in [2.24, 2.45) is 5.92 Å². The lowest BCUT2D eigenvalue weighted by Gasteiger charge is -2.32. The van der Waals surface area contributed by atoms with Gasteiger partial charge in [0.2, 0.25) is 11.8 Å². The summed E-state index contributed by atoms with van der Waals surface area (Å²) >= 11 is 0. The molecular formula is C11H19F2NO3. The Bertz CT molecular complexity index is 270. The summed E-state index contributed by atoms with van der Waals surface area (Å²) < 4.78 is 25.8. The first-order valence-electron chi connectivity index (χ1n) is 5.73. The topological polar surface area (TPSA) is 69.6 Å². The van der Waals surface area contributed by atoms with Gasteiger partial charge in [0.15, 0.2) is 0 Å². The Morgan fingerprint density at radius 2 is 1.82 bits per heavy atom. The van der Waals surface area contributed by atoms with Crippen LogP contribution in [0.5, 0.6) is 0 Å². The number of aliphatic hydroxyl groups is 2. The van der Waals surface area contributed by atoms with E-state index in [1.54, 1.807) is 0 Å². The number of aliphatic hydroxyl groups excluding tert-OH is 2. The molecule has 1 fully saturated rings. The van der Waals surface area contributed by atoms with Gasteiger partial charge in [-0.05, 0) is 19.8 Å². The number of carbonyl (C=O) groups excluding carboxylic acids is 1. The minimum absolute atomic E-state index is 0.145. The average Bonchev–Trinajstić information content (AvgIpc) is 2.28. The molecule has 4 nitrogen and oxygen atoms in total. The van der Waals surface area contributed by atoms with Crippen LogP contribution in [0.3, 0.4) is 0 Å². The number of carbonyl (C=O) groups is 1. The molecule has 0 unspecified atom stereocenters. The molecule has 0 saturated heterocycles. The van der Waals surface area contributed by atoms with Gasteiger partial charge in [0.25, 0.3) is 0 Å². The Hall–Kier alpha value is -0.750. The summed E-state index contributed by atoms with van der Waals surface area (Å²) in [5.74, 6) is -3.48. The van der Waals surface area contributed by atoms with Crippen LogP contribution in [0.2, 0.25) is 0 Å². The van der Waals surface area contributed by atoms with Gasteiger partial charge >= 0.3 is 0 Å². The first kappa shape index (κ1) is 14.3. The highest BCUT2D eigenvalue weighted by Gasteiger charge is 2.38. The SMILES string of the molecule is CC(CO)(CO)NC(=O)C1CCC(F)(F)CC1. The molecule has 1 aliphatic rings. The van der Waals surface area contributed by atoms with Gasteiger partial charge in [-0.1, -0.05) is 0 Å². The number of rotatable bonds is 4. The number of hydrogen-bond acceptors (Lipinski definition) is 3. The smallest absolute Gasteiger partial charge is 0.248 e. The lowest BCUT2D eigenvalue weighted by atomic mass is 9.85. The Morgan fingerprint density at radius 1 is 1.35 bits per heavy atom. The van der Waals surface area contributed by atoms with Crippen LogP contribution in [-0.2, 0) is 4.79 Å². The first-order chi connectivity index (χ1) is 7.82. The van der Waals surface area contributed by atoms with Crippen molar-refractivity contribution in [3.05, 3.63) is 0 Å². The summed E-state index contributed by atoms with van der Waals surface area (Å²) in [5.41, 5.74) is -1.09. The molecule has 3 N–H and O–H groups in total. The molecule has 0 bridgehead atoms. The van der Waals surface area contributed by atoms with Crippen molar-refractivity contribution in [1.29, 1.82) is 0 Å². The summed E-state index contributed by atoms with van der Waals surface area (Å²) in [5, 5.41) is 20.5. The molecule has 6 heteroatoms. The summed E-state index contributed by atoms with van der Waals surface area (Å²) in [4.78, 5) is 11.8. The average molecular weight is 251 g/mol. The molecule has 1 amide bonds. The molecule has 1 rings (SSSR count). The molecule has 17 heavy (non-hydrogen) atoms. The maximum Gasteiger partial charge on any atom is 0.248 e. The fraction of sp³-hybridized carbons (Fsp3) is 0.909. The van der Waals surface area contributed by atoms with E-state index in [4.69, 9.17) is 10.2 Å². The Labute approximate surface area is 99.0 Å². The van der Waals surface area contributed by atoms with Crippen LogP contribution in [0, 0.1) is 5.92 Å². The second kappa shape index (κ2) is 5.27. The van der Waals surface area contributed by atoms with E-state index in [0.29, 0.717) is 0 Å². The molecule has 1 aliphatic carbocycles. The third kappa shape index (κ3) is 3.89. The van der Waals surface area contributed by atoms with E-state index in [0.717, 1.165) is 0 Å². The molecule has 0 spiro atoms. The van der Waals surface area contributed by atoms with Crippen molar-refractivity contribution in [2.45, 2.75) is 44.1 Å². The van der Waals surface area contributed by atoms with Gasteiger partial charge in [-0.2, -0.15) is 0 Å². The summed E-state index contributed by atoms with van der Waals surface area (Å²) in [6.07, 6.45) is -0.266. The van der Waals surface area contributed by atoms with E-state index in [1.165, 1.54) is 6.92 Å². The van der Waals surface area contributed by atoms with Crippen LogP contribution >= 0.6 is 0 Å². The van der Waals surface area contributed by atoms with Gasteiger partial charge in [0.05, 0.1) is 18.8 Å². The van der Waals surface area contributed by atoms with E-state index in [1.807, 2.05) is 0 Å². The fourth-order valence-corrected chi connectivity index (χ4v) is 1.83. The third-order valence-corrected chi connectivity index (χ3v) is 3.21. The summed E-state index contributed by atoms with van der Waals surface area (Å²) in [7, 11) is 0. The zero-order valence-electron chi connectivity index (χ0n) is 9.88. The Morgan fingerprint density at radius 3 is 2.24 bits per heavy atom. The molecular weight excluding hydrogens is 232 g/mol. The number of nitrogens with one attached hydrogen (secondary N) is 1. The largest absolute Gasteiger partial charge is 0.394 e. The van der Waals surface area contributed by atoms with Crippen molar-refractivity contribution in [1.82, 2.24) is 5.32 Å². The lowest BCUT2D eigenvalue weighted by Crippen LogP contribution is -2.54. The van der Waals surface area contributed by atoms with Crippen LogP contribution in [0.25, 0.3) is 0 Å².